The van der Waals surface area contributed by atoms with E-state index in [1.54, 1.807) is 0 Å². The SMILES string of the molecule is CCCCC/C=C\C/C=C\CCCCCCCC(=O)OCC(COC(=O)CC1CCC(OC(=O)CCCN(C)C)C1C)OC(=O)CCCCCCC/C=C\C/C=C\CCCCC. The number of carbonyl (C=O) groups excluding carboxylic acids is 4. The zero-order chi connectivity index (χ0) is 45.3. The topological polar surface area (TPSA) is 108 Å². The molecule has 9 nitrogen and oxygen atoms in total. The van der Waals surface area contributed by atoms with Crippen LogP contribution in [0.5, 0.6) is 0 Å². The molecule has 4 unspecified atom stereocenters. The first-order valence-corrected chi connectivity index (χ1v) is 25.1. The highest BCUT2D eigenvalue weighted by Gasteiger charge is 2.37. The lowest BCUT2D eigenvalue weighted by Crippen LogP contribution is -2.31. The van der Waals surface area contributed by atoms with Crippen molar-refractivity contribution in [1.29, 1.82) is 0 Å². The van der Waals surface area contributed by atoms with Crippen LogP contribution in [0.25, 0.3) is 0 Å². The van der Waals surface area contributed by atoms with Crippen molar-refractivity contribution in [1.82, 2.24) is 4.90 Å². The molecule has 1 aliphatic carbocycles. The Morgan fingerprint density at radius 3 is 1.50 bits per heavy atom. The van der Waals surface area contributed by atoms with Gasteiger partial charge in [0, 0.05) is 25.7 Å². The van der Waals surface area contributed by atoms with Crippen molar-refractivity contribution < 1.29 is 38.1 Å². The summed E-state index contributed by atoms with van der Waals surface area (Å²) in [5.41, 5.74) is 0. The molecule has 0 amide bonds. The number of unbranched alkanes of at least 4 members (excludes halogenated alkanes) is 16. The Hall–Kier alpha value is -3.20. The van der Waals surface area contributed by atoms with E-state index in [0.29, 0.717) is 12.8 Å². The molecular formula is C53H91NO8. The Labute approximate surface area is 379 Å². The van der Waals surface area contributed by atoms with E-state index in [1.165, 1.54) is 51.4 Å². The Morgan fingerprint density at radius 1 is 0.532 bits per heavy atom. The third-order valence-corrected chi connectivity index (χ3v) is 11.7. The summed E-state index contributed by atoms with van der Waals surface area (Å²) in [6.45, 7) is 6.99. The van der Waals surface area contributed by atoms with Crippen molar-refractivity contribution in [2.75, 3.05) is 33.9 Å². The van der Waals surface area contributed by atoms with Crippen LogP contribution in [0.2, 0.25) is 0 Å². The monoisotopic (exact) mass is 870 g/mol. The van der Waals surface area contributed by atoms with E-state index < -0.39 is 12.1 Å². The van der Waals surface area contributed by atoms with Gasteiger partial charge in [0.15, 0.2) is 6.10 Å². The average Bonchev–Trinajstić information content (AvgIpc) is 3.58. The lowest BCUT2D eigenvalue weighted by Gasteiger charge is -2.22. The van der Waals surface area contributed by atoms with Crippen LogP contribution in [0, 0.1) is 11.8 Å². The van der Waals surface area contributed by atoms with Crippen molar-refractivity contribution in [2.24, 2.45) is 11.8 Å². The van der Waals surface area contributed by atoms with Crippen LogP contribution in [0.15, 0.2) is 48.6 Å². The second-order valence-corrected chi connectivity index (χ2v) is 17.8. The molecule has 356 valence electrons. The normalized spacial score (nSPS) is 17.2. The van der Waals surface area contributed by atoms with E-state index in [1.807, 2.05) is 25.9 Å². The molecule has 0 spiro atoms. The number of allylic oxidation sites excluding steroid dienone is 8. The summed E-state index contributed by atoms with van der Waals surface area (Å²) in [4.78, 5) is 53.0. The zero-order valence-electron chi connectivity index (χ0n) is 40.3. The number of hydrogen-bond donors (Lipinski definition) is 0. The first-order chi connectivity index (χ1) is 30.2. The summed E-state index contributed by atoms with van der Waals surface area (Å²) in [5.74, 6) is -1.23. The van der Waals surface area contributed by atoms with Crippen LogP contribution >= 0.6 is 0 Å². The smallest absolute Gasteiger partial charge is 0.306 e. The van der Waals surface area contributed by atoms with E-state index in [4.69, 9.17) is 18.9 Å². The predicted octanol–water partition coefficient (Wildman–Crippen LogP) is 13.3. The van der Waals surface area contributed by atoms with Crippen LogP contribution in [0.3, 0.4) is 0 Å². The molecule has 0 saturated heterocycles. The van der Waals surface area contributed by atoms with Gasteiger partial charge < -0.3 is 23.8 Å². The van der Waals surface area contributed by atoms with Crippen LogP contribution in [0.1, 0.15) is 207 Å². The van der Waals surface area contributed by atoms with E-state index in [-0.39, 0.29) is 61.9 Å². The minimum Gasteiger partial charge on any atom is -0.462 e. The maximum absolute atomic E-state index is 13.0. The summed E-state index contributed by atoms with van der Waals surface area (Å²) in [6.07, 6.45) is 44.6. The molecule has 1 fully saturated rings. The molecule has 0 aromatic carbocycles. The third-order valence-electron chi connectivity index (χ3n) is 11.7. The standard InChI is InChI=1S/C53H91NO8/c1-6-8-10-12-14-16-18-20-22-24-26-28-30-32-34-37-50(55)59-44-48(61-51(56)38-35-33-31-29-27-25-23-21-19-17-15-13-11-9-7-2)45-60-53(58)43-47-40-41-49(46(47)3)62-52(57)39-36-42-54(4)5/h14-17,20-23,46-49H,6-13,18-19,24-45H2,1-5H3/b16-14-,17-15-,22-20-,23-21-. The number of rotatable bonds is 40. The minimum absolute atomic E-state index is 0.0305. The van der Waals surface area contributed by atoms with E-state index in [0.717, 1.165) is 116 Å². The number of hydrogen-bond acceptors (Lipinski definition) is 9. The van der Waals surface area contributed by atoms with Gasteiger partial charge in [-0.1, -0.05) is 134 Å². The molecule has 4 atom stereocenters. The fraction of sp³-hybridized carbons (Fsp3) is 0.774. The summed E-state index contributed by atoms with van der Waals surface area (Å²) < 4.78 is 22.7. The molecule has 62 heavy (non-hydrogen) atoms. The third kappa shape index (κ3) is 34.3. The van der Waals surface area contributed by atoms with Gasteiger partial charge in [-0.2, -0.15) is 0 Å². The summed E-state index contributed by atoms with van der Waals surface area (Å²) >= 11 is 0. The number of esters is 4. The number of ether oxygens (including phenoxy) is 4. The molecule has 1 rings (SSSR count). The highest BCUT2D eigenvalue weighted by atomic mass is 16.6. The first-order valence-electron chi connectivity index (χ1n) is 25.1. The molecule has 1 saturated carbocycles. The Kier molecular flexibility index (Phi) is 37.2. The lowest BCUT2D eigenvalue weighted by atomic mass is 9.94. The van der Waals surface area contributed by atoms with Crippen molar-refractivity contribution in [3.05, 3.63) is 48.6 Å². The summed E-state index contributed by atoms with van der Waals surface area (Å²) in [6, 6.07) is 0. The van der Waals surface area contributed by atoms with Gasteiger partial charge in [-0.15, -0.1) is 0 Å². The summed E-state index contributed by atoms with van der Waals surface area (Å²) in [7, 11) is 3.96. The quantitative estimate of drug-likeness (QED) is 0.0257. The van der Waals surface area contributed by atoms with Gasteiger partial charge in [-0.3, -0.25) is 19.2 Å². The maximum Gasteiger partial charge on any atom is 0.306 e. The largest absolute Gasteiger partial charge is 0.462 e. The van der Waals surface area contributed by atoms with Gasteiger partial charge in [-0.25, -0.2) is 0 Å². The van der Waals surface area contributed by atoms with Crippen LogP contribution in [-0.2, 0) is 38.1 Å². The molecule has 0 bridgehead atoms. The number of nitrogens with zero attached hydrogens (tertiary/aromatic N) is 1. The maximum atomic E-state index is 13.0. The molecule has 0 aromatic heterocycles. The van der Waals surface area contributed by atoms with Crippen molar-refractivity contribution in [3.63, 3.8) is 0 Å². The molecule has 0 aliphatic heterocycles. The molecule has 0 aromatic rings. The molecule has 0 N–H and O–H groups in total. The first kappa shape index (κ1) is 56.8. The van der Waals surface area contributed by atoms with Gasteiger partial charge in [0.25, 0.3) is 0 Å². The van der Waals surface area contributed by atoms with Crippen molar-refractivity contribution >= 4 is 23.9 Å². The highest BCUT2D eigenvalue weighted by molar-refractivity contribution is 5.71. The Balaban J connectivity index is 2.46. The van der Waals surface area contributed by atoms with E-state index in [9.17, 15) is 19.2 Å². The fourth-order valence-corrected chi connectivity index (χ4v) is 7.67. The van der Waals surface area contributed by atoms with E-state index >= 15 is 0 Å². The second kappa shape index (κ2) is 40.6. The molecule has 1 aliphatic rings. The Bertz CT molecular complexity index is 1260. The Morgan fingerprint density at radius 2 is 0.984 bits per heavy atom. The van der Waals surface area contributed by atoms with Gasteiger partial charge in [0.05, 0.1) is 0 Å². The van der Waals surface area contributed by atoms with E-state index in [2.05, 4.69) is 62.5 Å². The fourth-order valence-electron chi connectivity index (χ4n) is 7.67. The average molecular weight is 870 g/mol. The van der Waals surface area contributed by atoms with Gasteiger partial charge in [-0.05, 0) is 129 Å². The highest BCUT2D eigenvalue weighted by Crippen LogP contribution is 2.36. The van der Waals surface area contributed by atoms with Crippen LogP contribution in [-0.4, -0.2) is 74.8 Å². The van der Waals surface area contributed by atoms with Crippen molar-refractivity contribution in [2.45, 2.75) is 219 Å². The lowest BCUT2D eigenvalue weighted by molar-refractivity contribution is -0.167. The molecule has 0 heterocycles. The van der Waals surface area contributed by atoms with Gasteiger partial charge in [0.1, 0.15) is 19.3 Å². The van der Waals surface area contributed by atoms with Crippen molar-refractivity contribution in [3.8, 4) is 0 Å². The van der Waals surface area contributed by atoms with Crippen LogP contribution < -0.4 is 0 Å². The second-order valence-electron chi connectivity index (χ2n) is 17.8. The zero-order valence-corrected chi connectivity index (χ0v) is 40.3. The van der Waals surface area contributed by atoms with Crippen LogP contribution in [0.4, 0.5) is 0 Å². The molecular weight excluding hydrogens is 779 g/mol. The minimum atomic E-state index is -0.866. The predicted molar refractivity (Wildman–Crippen MR) is 255 cm³/mol. The molecule has 0 radical (unpaired) electrons. The molecule has 9 heteroatoms. The van der Waals surface area contributed by atoms with Gasteiger partial charge in [0.2, 0.25) is 0 Å². The number of carbonyl (C=O) groups is 4. The van der Waals surface area contributed by atoms with Gasteiger partial charge >= 0.3 is 23.9 Å². The summed E-state index contributed by atoms with van der Waals surface area (Å²) in [5, 5.41) is 0.